The summed E-state index contributed by atoms with van der Waals surface area (Å²) < 4.78 is 2.84. The predicted octanol–water partition coefficient (Wildman–Crippen LogP) is -0.249. The van der Waals surface area contributed by atoms with E-state index in [0.717, 1.165) is 0 Å². The van der Waals surface area contributed by atoms with Crippen LogP contribution >= 0.6 is 0 Å². The second-order valence-electron chi connectivity index (χ2n) is 2.53. The average molecular weight is 314 g/mol. The maximum absolute atomic E-state index is 4.01. The molecule has 4 heteroatoms. The fraction of sp³-hybridized carbons (Fsp3) is 0. The summed E-state index contributed by atoms with van der Waals surface area (Å²) in [5, 5.41) is 0. The molecule has 0 spiro atoms. The molecule has 0 radical (unpaired) electrons. The molecule has 0 atom stereocenters. The fourth-order valence-corrected chi connectivity index (χ4v) is 6.79. The van der Waals surface area contributed by atoms with Crippen molar-refractivity contribution in [1.29, 1.82) is 0 Å². The minimum atomic E-state index is 0.567. The van der Waals surface area contributed by atoms with E-state index in [1.807, 2.05) is 24.8 Å². The van der Waals surface area contributed by atoms with Gasteiger partial charge in [0.25, 0.3) is 0 Å². The fourth-order valence-electron chi connectivity index (χ4n) is 0.884. The zero-order valence-corrected chi connectivity index (χ0v) is 10.8. The molecule has 0 unspecified atom stereocenters. The first-order valence-corrected chi connectivity index (χ1v) is 10.1. The maximum atomic E-state index is 4.01. The molecule has 14 heavy (non-hydrogen) atoms. The van der Waals surface area contributed by atoms with Crippen LogP contribution in [0.15, 0.2) is 49.1 Å². The normalized spacial score (nSPS) is 10.0. The van der Waals surface area contributed by atoms with Gasteiger partial charge in [0.1, 0.15) is 0 Å². The first kappa shape index (κ1) is 9.88. The van der Waals surface area contributed by atoms with E-state index in [2.05, 4.69) is 34.2 Å². The van der Waals surface area contributed by atoms with Gasteiger partial charge in [-0.15, -0.1) is 0 Å². The Morgan fingerprint density at radius 2 is 1.00 bits per heavy atom. The van der Waals surface area contributed by atoms with Crippen LogP contribution in [0, 0.1) is 0 Å². The second kappa shape index (κ2) is 5.28. The standard InChI is InChI=1S/C10H8N2Se2/c1-5-11-6-2-9(1)13-14-10-3-7-12-8-4-10/h1-8H. The molecule has 70 valence electrons. The Labute approximate surface area is 94.0 Å². The van der Waals surface area contributed by atoms with Crippen LogP contribution in [-0.4, -0.2) is 36.2 Å². The Morgan fingerprint density at radius 3 is 1.36 bits per heavy atom. The third-order valence-electron chi connectivity index (χ3n) is 1.53. The molecule has 2 nitrogen and oxygen atoms in total. The number of hydrogen-bond acceptors (Lipinski definition) is 2. The molecular formula is C10H8N2Se2. The van der Waals surface area contributed by atoms with Crippen LogP contribution in [0.2, 0.25) is 0 Å². The minimum absolute atomic E-state index is 0.567. The van der Waals surface area contributed by atoms with E-state index in [-0.39, 0.29) is 0 Å². The number of aromatic nitrogens is 2. The predicted molar refractivity (Wildman–Crippen MR) is 59.3 cm³/mol. The van der Waals surface area contributed by atoms with Crippen LogP contribution in [0.1, 0.15) is 0 Å². The van der Waals surface area contributed by atoms with Gasteiger partial charge in [-0.3, -0.25) is 0 Å². The van der Waals surface area contributed by atoms with Crippen LogP contribution < -0.4 is 8.92 Å². The molecule has 0 N–H and O–H groups in total. The number of hydrogen-bond donors (Lipinski definition) is 0. The molecule has 0 aliphatic carbocycles. The number of nitrogens with zero attached hydrogens (tertiary/aromatic N) is 2. The molecule has 0 saturated heterocycles. The van der Waals surface area contributed by atoms with Crippen LogP contribution in [0.3, 0.4) is 0 Å². The Hall–Kier alpha value is -0.661. The van der Waals surface area contributed by atoms with E-state index >= 15 is 0 Å². The summed E-state index contributed by atoms with van der Waals surface area (Å²) in [6, 6.07) is 8.40. The third-order valence-corrected chi connectivity index (χ3v) is 8.76. The summed E-state index contributed by atoms with van der Waals surface area (Å²) in [5.41, 5.74) is 0. The van der Waals surface area contributed by atoms with E-state index in [9.17, 15) is 0 Å². The third kappa shape index (κ3) is 2.93. The van der Waals surface area contributed by atoms with E-state index in [4.69, 9.17) is 0 Å². The first-order valence-electron chi connectivity index (χ1n) is 4.10. The summed E-state index contributed by atoms with van der Waals surface area (Å²) in [5.74, 6) is 0. The van der Waals surface area contributed by atoms with Crippen molar-refractivity contribution in [2.75, 3.05) is 0 Å². The first-order chi connectivity index (χ1) is 6.95. The van der Waals surface area contributed by atoms with E-state index in [1.165, 1.54) is 8.92 Å². The van der Waals surface area contributed by atoms with Gasteiger partial charge < -0.3 is 0 Å². The van der Waals surface area contributed by atoms with E-state index in [0.29, 0.717) is 26.3 Å². The van der Waals surface area contributed by atoms with Gasteiger partial charge in [0.05, 0.1) is 0 Å². The van der Waals surface area contributed by atoms with Gasteiger partial charge >= 0.3 is 94.2 Å². The Balaban J connectivity index is 1.96. The van der Waals surface area contributed by atoms with Crippen molar-refractivity contribution in [2.45, 2.75) is 0 Å². The van der Waals surface area contributed by atoms with Crippen molar-refractivity contribution in [3.8, 4) is 0 Å². The summed E-state index contributed by atoms with van der Waals surface area (Å²) >= 11 is 1.13. The van der Waals surface area contributed by atoms with Crippen LogP contribution in [0.4, 0.5) is 0 Å². The topological polar surface area (TPSA) is 25.8 Å². The van der Waals surface area contributed by atoms with Crippen molar-refractivity contribution in [1.82, 2.24) is 9.97 Å². The molecule has 0 amide bonds. The van der Waals surface area contributed by atoms with Gasteiger partial charge in [-0.1, -0.05) is 0 Å². The van der Waals surface area contributed by atoms with Gasteiger partial charge in [-0.05, 0) is 0 Å². The van der Waals surface area contributed by atoms with Crippen LogP contribution in [0.5, 0.6) is 0 Å². The van der Waals surface area contributed by atoms with Crippen molar-refractivity contribution in [3.05, 3.63) is 49.1 Å². The second-order valence-corrected chi connectivity index (χ2v) is 8.84. The van der Waals surface area contributed by atoms with Gasteiger partial charge in [0, 0.05) is 0 Å². The molecule has 0 saturated carbocycles. The molecule has 0 aromatic carbocycles. The van der Waals surface area contributed by atoms with Crippen LogP contribution in [0.25, 0.3) is 0 Å². The van der Waals surface area contributed by atoms with E-state index < -0.39 is 0 Å². The molecule has 0 aliphatic rings. The summed E-state index contributed by atoms with van der Waals surface area (Å²) in [4.78, 5) is 8.01. The van der Waals surface area contributed by atoms with E-state index in [1.54, 1.807) is 0 Å². The van der Waals surface area contributed by atoms with Crippen molar-refractivity contribution >= 4 is 35.2 Å². The summed E-state index contributed by atoms with van der Waals surface area (Å²) in [6.07, 6.45) is 7.44. The van der Waals surface area contributed by atoms with Gasteiger partial charge in [-0.2, -0.15) is 0 Å². The molecule has 2 rings (SSSR count). The van der Waals surface area contributed by atoms with Gasteiger partial charge in [0.2, 0.25) is 0 Å². The summed E-state index contributed by atoms with van der Waals surface area (Å²) in [7, 11) is 0. The van der Waals surface area contributed by atoms with Crippen LogP contribution in [-0.2, 0) is 0 Å². The summed E-state index contributed by atoms with van der Waals surface area (Å²) in [6.45, 7) is 0. The average Bonchev–Trinajstić information content (AvgIpc) is 2.29. The van der Waals surface area contributed by atoms with Gasteiger partial charge in [0.15, 0.2) is 0 Å². The Bertz CT molecular complexity index is 338. The van der Waals surface area contributed by atoms with Crippen molar-refractivity contribution in [2.24, 2.45) is 0 Å². The Morgan fingerprint density at radius 1 is 0.643 bits per heavy atom. The SMILES string of the molecule is c1cc([Se][Se]c2ccncc2)ccn1. The zero-order chi connectivity index (χ0) is 9.64. The molecular weight excluding hydrogens is 306 g/mol. The monoisotopic (exact) mass is 316 g/mol. The van der Waals surface area contributed by atoms with Gasteiger partial charge in [-0.25, -0.2) is 0 Å². The van der Waals surface area contributed by atoms with Crippen molar-refractivity contribution in [3.63, 3.8) is 0 Å². The molecule has 2 aromatic rings. The number of pyridine rings is 2. The molecule has 2 heterocycles. The van der Waals surface area contributed by atoms with Crippen molar-refractivity contribution < 1.29 is 0 Å². The quantitative estimate of drug-likeness (QED) is 0.731. The molecule has 0 fully saturated rings. The Kier molecular flexibility index (Phi) is 3.72. The molecule has 0 bridgehead atoms. The number of rotatable bonds is 3. The molecule has 2 aromatic heterocycles. The molecule has 0 aliphatic heterocycles. The zero-order valence-electron chi connectivity index (χ0n) is 7.33.